The van der Waals surface area contributed by atoms with Crippen LogP contribution in [0.3, 0.4) is 0 Å². The van der Waals surface area contributed by atoms with E-state index in [0.717, 1.165) is 12.8 Å². The average Bonchev–Trinajstić information content (AvgIpc) is 2.89. The molecule has 2 atom stereocenters. The van der Waals surface area contributed by atoms with E-state index in [4.69, 9.17) is 9.84 Å². The van der Waals surface area contributed by atoms with Gasteiger partial charge in [-0.25, -0.2) is 0 Å². The molecule has 0 unspecified atom stereocenters. The Hall–Kier alpha value is -1.85. The molecular formula is C15H21NO5. The fourth-order valence-electron chi connectivity index (χ4n) is 2.86. The first-order valence-electron chi connectivity index (χ1n) is 7.41. The number of carboxylic acid groups (broad SMARTS) is 1. The summed E-state index contributed by atoms with van der Waals surface area (Å²) in [5.74, 6) is -1.88. The number of allylic oxidation sites excluding steroid dienone is 2. The van der Waals surface area contributed by atoms with Crippen LogP contribution in [0.25, 0.3) is 0 Å². The second kappa shape index (κ2) is 7.24. The molecule has 1 amide bonds. The van der Waals surface area contributed by atoms with Gasteiger partial charge in [-0.2, -0.15) is 0 Å². The summed E-state index contributed by atoms with van der Waals surface area (Å²) in [5, 5.41) is 8.98. The molecule has 0 bridgehead atoms. The normalized spacial score (nSPS) is 29.0. The van der Waals surface area contributed by atoms with E-state index in [1.165, 1.54) is 0 Å². The third-order valence-electron chi connectivity index (χ3n) is 3.97. The molecule has 0 aromatic rings. The average molecular weight is 295 g/mol. The van der Waals surface area contributed by atoms with Gasteiger partial charge in [0, 0.05) is 13.0 Å². The highest BCUT2D eigenvalue weighted by molar-refractivity contribution is 5.84. The Morgan fingerprint density at radius 3 is 2.95 bits per heavy atom. The number of hydrogen-bond donors (Lipinski definition) is 1. The first-order valence-corrected chi connectivity index (χ1v) is 7.41. The molecule has 2 heterocycles. The summed E-state index contributed by atoms with van der Waals surface area (Å²) in [6.45, 7) is 0.828. The number of carbonyl (C=O) groups is 3. The quantitative estimate of drug-likeness (QED) is 0.614. The molecule has 0 aromatic heterocycles. The summed E-state index contributed by atoms with van der Waals surface area (Å²) in [6, 6.07) is -0.110. The van der Waals surface area contributed by atoms with Gasteiger partial charge in [-0.05, 0) is 25.7 Å². The first-order chi connectivity index (χ1) is 10.1. The highest BCUT2D eigenvalue weighted by Crippen LogP contribution is 2.24. The highest BCUT2D eigenvalue weighted by Gasteiger charge is 2.34. The van der Waals surface area contributed by atoms with Gasteiger partial charge in [-0.3, -0.25) is 14.4 Å². The molecule has 0 aliphatic carbocycles. The molecular weight excluding hydrogens is 274 g/mol. The van der Waals surface area contributed by atoms with Crippen LogP contribution in [0.15, 0.2) is 12.2 Å². The zero-order chi connectivity index (χ0) is 15.2. The number of cyclic esters (lactones) is 1. The van der Waals surface area contributed by atoms with E-state index in [0.29, 0.717) is 25.8 Å². The van der Waals surface area contributed by atoms with Gasteiger partial charge in [0.15, 0.2) is 0 Å². The summed E-state index contributed by atoms with van der Waals surface area (Å²) in [5.41, 5.74) is 0. The number of fused-ring (bicyclic) bond motifs is 1. The second-order valence-electron chi connectivity index (χ2n) is 5.55. The maximum atomic E-state index is 12.5. The third-order valence-corrected chi connectivity index (χ3v) is 3.97. The van der Waals surface area contributed by atoms with Gasteiger partial charge >= 0.3 is 11.9 Å². The Kier molecular flexibility index (Phi) is 5.36. The van der Waals surface area contributed by atoms with Crippen LogP contribution >= 0.6 is 0 Å². The number of amides is 1. The summed E-state index contributed by atoms with van der Waals surface area (Å²) >= 11 is 0. The summed E-state index contributed by atoms with van der Waals surface area (Å²) in [7, 11) is 0. The predicted octanol–water partition coefficient (Wildman–Crippen LogP) is 1.35. The molecule has 116 valence electrons. The Labute approximate surface area is 123 Å². The van der Waals surface area contributed by atoms with Crippen molar-refractivity contribution in [2.24, 2.45) is 5.92 Å². The lowest BCUT2D eigenvalue weighted by atomic mass is 9.98. The number of carboxylic acids is 1. The van der Waals surface area contributed by atoms with Crippen molar-refractivity contribution in [1.29, 1.82) is 0 Å². The Morgan fingerprint density at radius 1 is 1.38 bits per heavy atom. The topological polar surface area (TPSA) is 83.9 Å². The van der Waals surface area contributed by atoms with Crippen LogP contribution in [0, 0.1) is 5.92 Å². The van der Waals surface area contributed by atoms with Gasteiger partial charge in [0.1, 0.15) is 6.61 Å². The zero-order valence-corrected chi connectivity index (χ0v) is 12.0. The van der Waals surface area contributed by atoms with E-state index >= 15 is 0 Å². The highest BCUT2D eigenvalue weighted by atomic mass is 16.5. The molecule has 1 fully saturated rings. The second-order valence-corrected chi connectivity index (χ2v) is 5.55. The minimum absolute atomic E-state index is 0.110. The number of hydrogen-bond acceptors (Lipinski definition) is 4. The molecule has 0 spiro atoms. The fourth-order valence-corrected chi connectivity index (χ4v) is 2.86. The monoisotopic (exact) mass is 295 g/mol. The Bertz CT molecular complexity index is 445. The van der Waals surface area contributed by atoms with Crippen molar-refractivity contribution in [3.8, 4) is 0 Å². The molecule has 21 heavy (non-hydrogen) atoms. The number of carbonyl (C=O) groups excluding carboxylic acids is 2. The van der Waals surface area contributed by atoms with Gasteiger partial charge in [0.05, 0.1) is 18.4 Å². The minimum atomic E-state index is -0.962. The minimum Gasteiger partial charge on any atom is -0.481 e. The predicted molar refractivity (Wildman–Crippen MR) is 74.4 cm³/mol. The largest absolute Gasteiger partial charge is 0.481 e. The fraction of sp³-hybridized carbons (Fsp3) is 0.667. The maximum absolute atomic E-state index is 12.5. The van der Waals surface area contributed by atoms with Crippen molar-refractivity contribution in [3.05, 3.63) is 12.2 Å². The molecule has 1 saturated heterocycles. The van der Waals surface area contributed by atoms with Gasteiger partial charge in [-0.15, -0.1) is 0 Å². The van der Waals surface area contributed by atoms with Gasteiger partial charge < -0.3 is 14.7 Å². The van der Waals surface area contributed by atoms with Gasteiger partial charge in [-0.1, -0.05) is 12.2 Å². The van der Waals surface area contributed by atoms with Gasteiger partial charge in [0.25, 0.3) is 0 Å². The van der Waals surface area contributed by atoms with E-state index in [1.54, 1.807) is 11.0 Å². The lowest BCUT2D eigenvalue weighted by Crippen LogP contribution is -2.42. The first kappa shape index (κ1) is 15.5. The van der Waals surface area contributed by atoms with Crippen molar-refractivity contribution in [3.63, 3.8) is 0 Å². The van der Waals surface area contributed by atoms with Crippen molar-refractivity contribution in [1.82, 2.24) is 4.90 Å². The van der Waals surface area contributed by atoms with E-state index in [2.05, 4.69) is 0 Å². The third kappa shape index (κ3) is 4.31. The van der Waals surface area contributed by atoms with E-state index in [1.807, 2.05) is 6.08 Å². The van der Waals surface area contributed by atoms with Crippen LogP contribution in [0.5, 0.6) is 0 Å². The van der Waals surface area contributed by atoms with Crippen LogP contribution in [0.2, 0.25) is 0 Å². The molecule has 6 nitrogen and oxygen atoms in total. The summed E-state index contributed by atoms with van der Waals surface area (Å²) in [4.78, 5) is 36.7. The number of rotatable bonds is 2. The molecule has 0 radical (unpaired) electrons. The number of aliphatic carboxylic acids is 1. The van der Waals surface area contributed by atoms with E-state index in [9.17, 15) is 14.4 Å². The summed E-state index contributed by atoms with van der Waals surface area (Å²) < 4.78 is 5.21. The number of ether oxygens (including phenoxy) is 1. The molecule has 6 heteroatoms. The van der Waals surface area contributed by atoms with Crippen LogP contribution in [0.4, 0.5) is 0 Å². The van der Waals surface area contributed by atoms with Gasteiger partial charge in [0.2, 0.25) is 5.91 Å². The Balaban J connectivity index is 2.14. The van der Waals surface area contributed by atoms with Crippen molar-refractivity contribution in [2.75, 3.05) is 13.2 Å². The number of nitrogens with zero attached hydrogens (tertiary/aromatic N) is 1. The lowest BCUT2D eigenvalue weighted by Gasteiger charge is -2.28. The summed E-state index contributed by atoms with van der Waals surface area (Å²) in [6.07, 6.45) is 6.40. The molecule has 0 saturated carbocycles. The van der Waals surface area contributed by atoms with E-state index in [-0.39, 0.29) is 30.9 Å². The molecule has 0 aromatic carbocycles. The van der Waals surface area contributed by atoms with Crippen LogP contribution in [-0.2, 0) is 19.1 Å². The van der Waals surface area contributed by atoms with Crippen molar-refractivity contribution in [2.45, 2.75) is 44.6 Å². The molecule has 2 aliphatic rings. The van der Waals surface area contributed by atoms with E-state index < -0.39 is 11.9 Å². The Morgan fingerprint density at radius 2 is 2.19 bits per heavy atom. The maximum Gasteiger partial charge on any atom is 0.306 e. The van der Waals surface area contributed by atoms with Crippen LogP contribution in [0.1, 0.15) is 38.5 Å². The lowest BCUT2D eigenvalue weighted by molar-refractivity contribution is -0.149. The standard InChI is InChI=1S/C15H21NO5/c17-13(18)9-11-5-2-1-3-7-14(19)21-10-12-6-4-8-16(12)15(11)20/h1-2,11-12H,3-10H2,(H,17,18)/b2-1+/t11-,12-/m0/s1. The zero-order valence-electron chi connectivity index (χ0n) is 12.0. The number of esters is 1. The van der Waals surface area contributed by atoms with Crippen molar-refractivity contribution < 1.29 is 24.2 Å². The van der Waals surface area contributed by atoms with Crippen molar-refractivity contribution >= 4 is 17.8 Å². The SMILES string of the molecule is O=C(O)C[C@@H]1C/C=C/CCC(=O)OC[C@@H]2CCCN2C1=O. The molecule has 2 aliphatic heterocycles. The van der Waals surface area contributed by atoms with Crippen LogP contribution in [-0.4, -0.2) is 47.0 Å². The van der Waals surface area contributed by atoms with Crippen LogP contribution < -0.4 is 0 Å². The molecule has 2 rings (SSSR count). The molecule has 1 N–H and O–H groups in total. The smallest absolute Gasteiger partial charge is 0.306 e.